The van der Waals surface area contributed by atoms with E-state index in [1.54, 1.807) is 6.20 Å². The van der Waals surface area contributed by atoms with Gasteiger partial charge in [0.1, 0.15) is 0 Å². The minimum absolute atomic E-state index is 0.0196. The van der Waals surface area contributed by atoms with E-state index in [9.17, 15) is 9.90 Å². The van der Waals surface area contributed by atoms with Crippen LogP contribution in [0.15, 0.2) is 42.6 Å². The van der Waals surface area contributed by atoms with E-state index in [1.165, 1.54) is 26.4 Å². The fourth-order valence-corrected chi connectivity index (χ4v) is 3.40. The summed E-state index contributed by atoms with van der Waals surface area (Å²) in [6, 6.07) is 9.41. The van der Waals surface area contributed by atoms with Crippen LogP contribution in [0.2, 0.25) is 0 Å². The Labute approximate surface area is 144 Å². The molecule has 1 aliphatic carbocycles. The molecule has 1 aliphatic rings. The summed E-state index contributed by atoms with van der Waals surface area (Å²) >= 11 is 0. The van der Waals surface area contributed by atoms with Gasteiger partial charge in [0.2, 0.25) is 0 Å². The van der Waals surface area contributed by atoms with E-state index in [-0.39, 0.29) is 17.9 Å². The number of aliphatic hydroxyl groups excluding tert-OH is 1. The minimum Gasteiger partial charge on any atom is -0.392 e. The third kappa shape index (κ3) is 5.18. The van der Waals surface area contributed by atoms with E-state index < -0.39 is 6.10 Å². The molecule has 4 nitrogen and oxygen atoms in total. The average Bonchev–Trinajstić information content (AvgIpc) is 2.63. The quantitative estimate of drug-likeness (QED) is 0.803. The second-order valence-corrected chi connectivity index (χ2v) is 6.64. The zero-order valence-electron chi connectivity index (χ0n) is 14.7. The molecule has 1 aromatic carbocycles. The number of ether oxygens (including phenoxy) is 1. The number of benzene rings is 1. The highest BCUT2D eigenvalue weighted by Crippen LogP contribution is 2.29. The van der Waals surface area contributed by atoms with E-state index in [0.29, 0.717) is 5.92 Å². The molecule has 0 radical (unpaired) electrons. The van der Waals surface area contributed by atoms with Crippen LogP contribution in [-0.2, 0) is 9.53 Å². The molecule has 0 aliphatic heterocycles. The maximum absolute atomic E-state index is 12.3. The molecule has 0 heterocycles. The Kier molecular flexibility index (Phi) is 7.47. The van der Waals surface area contributed by atoms with Gasteiger partial charge in [0.05, 0.1) is 6.10 Å². The summed E-state index contributed by atoms with van der Waals surface area (Å²) in [4.78, 5) is 12.3. The van der Waals surface area contributed by atoms with Gasteiger partial charge in [-0.2, -0.15) is 0 Å². The van der Waals surface area contributed by atoms with Gasteiger partial charge < -0.3 is 15.2 Å². The summed E-state index contributed by atoms with van der Waals surface area (Å²) in [5.41, 5.74) is 0.821. The Bertz CT molecular complexity index is 523. The maximum Gasteiger partial charge on any atom is 0.257 e. The van der Waals surface area contributed by atoms with Gasteiger partial charge in [-0.25, -0.2) is 0 Å². The van der Waals surface area contributed by atoms with Crippen LogP contribution in [0.4, 0.5) is 0 Å². The van der Waals surface area contributed by atoms with Crippen LogP contribution in [-0.4, -0.2) is 24.2 Å². The number of hydrogen-bond donors (Lipinski definition) is 2. The molecular weight excluding hydrogens is 302 g/mol. The average molecular weight is 331 g/mol. The number of nitrogens with one attached hydrogen (secondary N) is 1. The van der Waals surface area contributed by atoms with Crippen molar-refractivity contribution in [2.45, 2.75) is 51.2 Å². The van der Waals surface area contributed by atoms with Crippen molar-refractivity contribution in [2.24, 2.45) is 11.8 Å². The van der Waals surface area contributed by atoms with Crippen LogP contribution in [0.3, 0.4) is 0 Å². The Morgan fingerprint density at radius 2 is 1.92 bits per heavy atom. The molecule has 0 bridgehead atoms. The molecule has 4 heteroatoms. The number of hydrogen-bond acceptors (Lipinski definition) is 3. The first-order valence-electron chi connectivity index (χ1n) is 8.86. The maximum atomic E-state index is 12.3. The highest BCUT2D eigenvalue weighted by Gasteiger charge is 2.25. The van der Waals surface area contributed by atoms with Crippen LogP contribution < -0.4 is 5.32 Å². The summed E-state index contributed by atoms with van der Waals surface area (Å²) in [5, 5.41) is 13.2. The third-order valence-electron chi connectivity index (χ3n) is 4.87. The van der Waals surface area contributed by atoms with Gasteiger partial charge in [-0.3, -0.25) is 4.79 Å². The monoisotopic (exact) mass is 331 g/mol. The second-order valence-electron chi connectivity index (χ2n) is 6.64. The van der Waals surface area contributed by atoms with Gasteiger partial charge in [0, 0.05) is 19.2 Å². The normalized spacial score (nSPS) is 19.8. The predicted molar refractivity (Wildman–Crippen MR) is 95.2 cm³/mol. The predicted octanol–water partition coefficient (Wildman–Crippen LogP) is 3.58. The van der Waals surface area contributed by atoms with Crippen molar-refractivity contribution < 1.29 is 14.6 Å². The number of aliphatic hydroxyl groups is 1. The van der Waals surface area contributed by atoms with E-state index in [1.807, 2.05) is 43.3 Å². The molecule has 24 heavy (non-hydrogen) atoms. The Morgan fingerprint density at radius 3 is 2.54 bits per heavy atom. The SMILES string of the molecule is COC(C(=O)N/C=C/[C@@H](C)[C@H](O)C1CCCCC1)c1ccccc1. The van der Waals surface area contributed by atoms with Crippen molar-refractivity contribution in [2.75, 3.05) is 7.11 Å². The number of carbonyl (C=O) groups excluding carboxylic acids is 1. The molecule has 1 aromatic rings. The van der Waals surface area contributed by atoms with E-state index >= 15 is 0 Å². The van der Waals surface area contributed by atoms with Gasteiger partial charge in [-0.05, 0) is 24.3 Å². The fourth-order valence-electron chi connectivity index (χ4n) is 3.40. The first-order valence-corrected chi connectivity index (χ1v) is 8.86. The Balaban J connectivity index is 1.86. The van der Waals surface area contributed by atoms with Crippen molar-refractivity contribution in [3.05, 3.63) is 48.2 Å². The smallest absolute Gasteiger partial charge is 0.257 e. The third-order valence-corrected chi connectivity index (χ3v) is 4.87. The number of amides is 1. The zero-order valence-corrected chi connectivity index (χ0v) is 14.7. The standard InChI is InChI=1S/C20H29NO3/c1-15(18(22)16-9-5-3-6-10-16)13-14-21-20(23)19(24-2)17-11-7-4-8-12-17/h4,7-8,11-16,18-19,22H,3,5-6,9-10H2,1-2H3,(H,21,23)/b14-13+/t15-,18+,19?/m1/s1. The minimum atomic E-state index is -0.630. The molecule has 0 saturated heterocycles. The lowest BCUT2D eigenvalue weighted by molar-refractivity contribution is -0.130. The second kappa shape index (κ2) is 9.60. The molecular formula is C20H29NO3. The Hall–Kier alpha value is -1.65. The molecule has 1 saturated carbocycles. The summed E-state index contributed by atoms with van der Waals surface area (Å²) in [5.74, 6) is 0.190. The zero-order chi connectivity index (χ0) is 17.4. The van der Waals surface area contributed by atoms with Gasteiger partial charge in [0.15, 0.2) is 6.10 Å². The lowest BCUT2D eigenvalue weighted by Crippen LogP contribution is -2.29. The molecule has 132 valence electrons. The molecule has 2 N–H and O–H groups in total. The molecule has 0 aromatic heterocycles. The van der Waals surface area contributed by atoms with E-state index in [4.69, 9.17) is 4.74 Å². The molecule has 3 atom stereocenters. The van der Waals surface area contributed by atoms with Crippen LogP contribution in [0.25, 0.3) is 0 Å². The van der Waals surface area contributed by atoms with Crippen molar-refractivity contribution >= 4 is 5.91 Å². The van der Waals surface area contributed by atoms with Crippen LogP contribution in [0.5, 0.6) is 0 Å². The first-order chi connectivity index (χ1) is 11.6. The summed E-state index contributed by atoms with van der Waals surface area (Å²) in [7, 11) is 1.52. The molecule has 0 spiro atoms. The summed E-state index contributed by atoms with van der Waals surface area (Å²) < 4.78 is 5.30. The largest absolute Gasteiger partial charge is 0.392 e. The van der Waals surface area contributed by atoms with Crippen molar-refractivity contribution in [1.29, 1.82) is 0 Å². The lowest BCUT2D eigenvalue weighted by atomic mass is 9.81. The van der Waals surface area contributed by atoms with Gasteiger partial charge in [-0.1, -0.05) is 62.6 Å². The van der Waals surface area contributed by atoms with Crippen LogP contribution in [0, 0.1) is 11.8 Å². The van der Waals surface area contributed by atoms with Crippen LogP contribution in [0.1, 0.15) is 50.7 Å². The van der Waals surface area contributed by atoms with Gasteiger partial charge >= 0.3 is 0 Å². The van der Waals surface area contributed by atoms with Crippen LogP contribution >= 0.6 is 0 Å². The van der Waals surface area contributed by atoms with E-state index in [2.05, 4.69) is 5.32 Å². The summed E-state index contributed by atoms with van der Waals surface area (Å²) in [6.07, 6.45) is 8.43. The van der Waals surface area contributed by atoms with Gasteiger partial charge in [0.25, 0.3) is 5.91 Å². The first kappa shape index (κ1) is 18.7. The van der Waals surface area contributed by atoms with E-state index in [0.717, 1.165) is 18.4 Å². The fraction of sp³-hybridized carbons (Fsp3) is 0.550. The lowest BCUT2D eigenvalue weighted by Gasteiger charge is -2.29. The highest BCUT2D eigenvalue weighted by atomic mass is 16.5. The molecule has 1 amide bonds. The highest BCUT2D eigenvalue weighted by molar-refractivity contribution is 5.83. The van der Waals surface area contributed by atoms with Crippen molar-refractivity contribution in [3.8, 4) is 0 Å². The molecule has 2 rings (SSSR count). The van der Waals surface area contributed by atoms with Crippen molar-refractivity contribution in [3.63, 3.8) is 0 Å². The Morgan fingerprint density at radius 1 is 1.25 bits per heavy atom. The van der Waals surface area contributed by atoms with Gasteiger partial charge in [-0.15, -0.1) is 0 Å². The number of rotatable bonds is 7. The summed E-state index contributed by atoms with van der Waals surface area (Å²) in [6.45, 7) is 1.99. The number of methoxy groups -OCH3 is 1. The topological polar surface area (TPSA) is 58.6 Å². The number of carbonyl (C=O) groups is 1. The van der Waals surface area contributed by atoms with Crippen molar-refractivity contribution in [1.82, 2.24) is 5.32 Å². The molecule has 1 fully saturated rings. The molecule has 1 unspecified atom stereocenters.